The van der Waals surface area contributed by atoms with Crippen molar-refractivity contribution in [3.63, 3.8) is 0 Å². The molecule has 2 N–H and O–H groups in total. The Morgan fingerprint density at radius 1 is 1.37 bits per heavy atom. The summed E-state index contributed by atoms with van der Waals surface area (Å²) in [6, 6.07) is 5.79. The van der Waals surface area contributed by atoms with Crippen molar-refractivity contribution in [1.82, 2.24) is 10.2 Å². The van der Waals surface area contributed by atoms with Crippen LogP contribution in [0.2, 0.25) is 0 Å². The summed E-state index contributed by atoms with van der Waals surface area (Å²) in [6.07, 6.45) is 1.76. The summed E-state index contributed by atoms with van der Waals surface area (Å²) in [5, 5.41) is 23.2. The number of aliphatic hydroxyl groups is 1. The molecule has 0 bridgehead atoms. The highest BCUT2D eigenvalue weighted by atomic mass is 16.5. The number of aliphatic hydroxyl groups excluding tert-OH is 1. The largest absolute Gasteiger partial charge is 0.485 e. The summed E-state index contributed by atoms with van der Waals surface area (Å²) < 4.78 is 5.92. The fraction of sp³-hybridized carbons (Fsp3) is 0.609. The van der Waals surface area contributed by atoms with Crippen LogP contribution >= 0.6 is 0 Å². The molecule has 30 heavy (non-hydrogen) atoms. The summed E-state index contributed by atoms with van der Waals surface area (Å²) in [5.41, 5.74) is 0.0822. The number of carbonyl (C=O) groups excluding carboxylic acids is 2. The molecule has 3 atom stereocenters. The van der Waals surface area contributed by atoms with Crippen LogP contribution in [0.1, 0.15) is 70.5 Å². The van der Waals surface area contributed by atoms with Crippen LogP contribution in [-0.4, -0.2) is 46.1 Å². The highest BCUT2D eigenvalue weighted by Gasteiger charge is 2.45. The first-order valence-corrected chi connectivity index (χ1v) is 10.6. The van der Waals surface area contributed by atoms with Gasteiger partial charge in [-0.25, -0.2) is 0 Å². The van der Waals surface area contributed by atoms with Crippen molar-refractivity contribution in [2.24, 2.45) is 5.92 Å². The molecule has 0 spiro atoms. The topological polar surface area (TPSA) is 103 Å². The molecular formula is C23H31N3O4. The number of carbonyl (C=O) groups is 2. The second kappa shape index (κ2) is 8.65. The van der Waals surface area contributed by atoms with Gasteiger partial charge in [0.25, 0.3) is 0 Å². The summed E-state index contributed by atoms with van der Waals surface area (Å²) in [5.74, 6) is 0.468. The van der Waals surface area contributed by atoms with Crippen LogP contribution in [0.3, 0.4) is 0 Å². The highest BCUT2D eigenvalue weighted by molar-refractivity contribution is 5.88. The van der Waals surface area contributed by atoms with E-state index < -0.39 is 23.8 Å². The van der Waals surface area contributed by atoms with Crippen LogP contribution in [0.4, 0.5) is 0 Å². The van der Waals surface area contributed by atoms with E-state index in [1.165, 1.54) is 0 Å². The van der Waals surface area contributed by atoms with Gasteiger partial charge in [-0.05, 0) is 57.2 Å². The molecular weight excluding hydrogens is 382 g/mol. The third-order valence-electron chi connectivity index (χ3n) is 5.88. The van der Waals surface area contributed by atoms with Crippen molar-refractivity contribution in [3.8, 4) is 11.8 Å². The lowest BCUT2D eigenvalue weighted by atomic mass is 9.85. The van der Waals surface area contributed by atoms with Crippen LogP contribution < -0.4 is 10.1 Å². The Kier molecular flexibility index (Phi) is 6.37. The molecule has 2 heterocycles. The van der Waals surface area contributed by atoms with Gasteiger partial charge in [0.1, 0.15) is 23.5 Å². The molecule has 2 aliphatic heterocycles. The molecule has 3 rings (SSSR count). The number of nitrogens with one attached hydrogen (secondary N) is 1. The number of ether oxygens (including phenoxy) is 1. The monoisotopic (exact) mass is 413 g/mol. The van der Waals surface area contributed by atoms with E-state index in [-0.39, 0.29) is 17.7 Å². The van der Waals surface area contributed by atoms with Crippen molar-refractivity contribution < 1.29 is 19.4 Å². The molecule has 1 fully saturated rings. The van der Waals surface area contributed by atoms with Gasteiger partial charge in [-0.2, -0.15) is 5.26 Å². The maximum absolute atomic E-state index is 13.3. The predicted octanol–water partition coefficient (Wildman–Crippen LogP) is 2.67. The molecule has 7 heteroatoms. The number of nitrogens with zero attached hydrogens (tertiary/aromatic N) is 2. The lowest BCUT2D eigenvalue weighted by Gasteiger charge is -2.43. The zero-order valence-corrected chi connectivity index (χ0v) is 18.1. The number of amides is 2. The minimum Gasteiger partial charge on any atom is -0.485 e. The first-order valence-electron chi connectivity index (χ1n) is 10.6. The van der Waals surface area contributed by atoms with Crippen LogP contribution in [0, 0.1) is 17.2 Å². The van der Waals surface area contributed by atoms with Gasteiger partial charge in [-0.15, -0.1) is 0 Å². The summed E-state index contributed by atoms with van der Waals surface area (Å²) >= 11 is 0. The lowest BCUT2D eigenvalue weighted by molar-refractivity contribution is -0.144. The SMILES string of the molecule is CC(C)CC(=O)N1CCCCC1C(=O)N[C@@H]1c2cc(C#N)ccc2OC(C)(C)[C@H]1O. The molecule has 0 saturated carbocycles. The zero-order valence-electron chi connectivity index (χ0n) is 18.1. The lowest BCUT2D eigenvalue weighted by Crippen LogP contribution is -2.57. The minimum atomic E-state index is -1.01. The predicted molar refractivity (Wildman–Crippen MR) is 112 cm³/mol. The molecule has 2 amide bonds. The Morgan fingerprint density at radius 3 is 2.77 bits per heavy atom. The van der Waals surface area contributed by atoms with Crippen LogP contribution in [0.25, 0.3) is 0 Å². The van der Waals surface area contributed by atoms with E-state index in [4.69, 9.17) is 4.74 Å². The van der Waals surface area contributed by atoms with E-state index in [1.54, 1.807) is 36.9 Å². The van der Waals surface area contributed by atoms with Crippen molar-refractivity contribution in [2.75, 3.05) is 6.54 Å². The summed E-state index contributed by atoms with van der Waals surface area (Å²) in [6.45, 7) is 8.07. The molecule has 1 aromatic rings. The average molecular weight is 414 g/mol. The average Bonchev–Trinajstić information content (AvgIpc) is 2.70. The normalized spacial score (nSPS) is 25.1. The molecule has 0 aliphatic carbocycles. The van der Waals surface area contributed by atoms with E-state index in [2.05, 4.69) is 11.4 Å². The summed E-state index contributed by atoms with van der Waals surface area (Å²) in [4.78, 5) is 27.7. The number of hydrogen-bond donors (Lipinski definition) is 2. The Bertz CT molecular complexity index is 858. The van der Waals surface area contributed by atoms with Crippen LogP contribution in [0.5, 0.6) is 5.75 Å². The van der Waals surface area contributed by atoms with E-state index in [9.17, 15) is 20.0 Å². The molecule has 0 radical (unpaired) electrons. The van der Waals surface area contributed by atoms with E-state index in [1.807, 2.05) is 13.8 Å². The van der Waals surface area contributed by atoms with E-state index in [0.717, 1.165) is 12.8 Å². The van der Waals surface area contributed by atoms with Crippen LogP contribution in [-0.2, 0) is 9.59 Å². The van der Waals surface area contributed by atoms with Gasteiger partial charge in [-0.3, -0.25) is 9.59 Å². The van der Waals surface area contributed by atoms with Crippen molar-refractivity contribution in [1.29, 1.82) is 5.26 Å². The Labute approximate surface area is 178 Å². The van der Waals surface area contributed by atoms with Crippen LogP contribution in [0.15, 0.2) is 18.2 Å². The van der Waals surface area contributed by atoms with Gasteiger partial charge in [0.15, 0.2) is 0 Å². The van der Waals surface area contributed by atoms with Gasteiger partial charge in [-0.1, -0.05) is 13.8 Å². The van der Waals surface area contributed by atoms with Gasteiger partial charge in [0.2, 0.25) is 11.8 Å². The smallest absolute Gasteiger partial charge is 0.243 e. The zero-order chi connectivity index (χ0) is 22.1. The molecule has 2 aliphatic rings. The third kappa shape index (κ3) is 4.44. The molecule has 1 unspecified atom stereocenters. The van der Waals surface area contributed by atoms with Gasteiger partial charge >= 0.3 is 0 Å². The molecule has 162 valence electrons. The van der Waals surface area contributed by atoms with Crippen molar-refractivity contribution in [2.45, 2.75) is 77.2 Å². The number of likely N-dealkylation sites (tertiary alicyclic amines) is 1. The second-order valence-corrected chi connectivity index (χ2v) is 9.20. The minimum absolute atomic E-state index is 0.00938. The van der Waals surface area contributed by atoms with E-state index in [0.29, 0.717) is 36.3 Å². The highest BCUT2D eigenvalue weighted by Crippen LogP contribution is 2.40. The van der Waals surface area contributed by atoms with Gasteiger partial charge in [0, 0.05) is 18.5 Å². The number of nitriles is 1. The number of fused-ring (bicyclic) bond motifs is 1. The number of benzene rings is 1. The Hall–Kier alpha value is -2.59. The molecule has 1 aromatic carbocycles. The third-order valence-corrected chi connectivity index (χ3v) is 5.88. The first-order chi connectivity index (χ1) is 14.1. The van der Waals surface area contributed by atoms with Gasteiger partial charge in [0.05, 0.1) is 17.7 Å². The van der Waals surface area contributed by atoms with Crippen molar-refractivity contribution >= 4 is 11.8 Å². The Balaban J connectivity index is 1.87. The summed E-state index contributed by atoms with van der Waals surface area (Å²) in [7, 11) is 0. The quantitative estimate of drug-likeness (QED) is 0.790. The maximum Gasteiger partial charge on any atom is 0.243 e. The van der Waals surface area contributed by atoms with Gasteiger partial charge < -0.3 is 20.1 Å². The van der Waals surface area contributed by atoms with E-state index >= 15 is 0 Å². The standard InChI is InChI=1S/C23H31N3O4/c1-14(2)11-19(27)26-10-6-5-7-17(26)22(29)25-20-16-12-15(13-24)8-9-18(16)30-23(3,4)21(20)28/h8-9,12,14,17,20-21,28H,5-7,10-11H2,1-4H3,(H,25,29)/t17?,20-,21+/m1/s1. The molecule has 0 aromatic heterocycles. The Morgan fingerprint density at radius 2 is 2.10 bits per heavy atom. The fourth-order valence-electron chi connectivity index (χ4n) is 4.24. The number of rotatable bonds is 4. The second-order valence-electron chi connectivity index (χ2n) is 9.20. The molecule has 7 nitrogen and oxygen atoms in total. The maximum atomic E-state index is 13.3. The molecule has 1 saturated heterocycles. The number of hydrogen-bond acceptors (Lipinski definition) is 5. The fourth-order valence-corrected chi connectivity index (χ4v) is 4.24. The van der Waals surface area contributed by atoms with Crippen molar-refractivity contribution in [3.05, 3.63) is 29.3 Å². The number of piperidine rings is 1. The first kappa shape index (κ1) is 22.1.